The largest absolute Gasteiger partial charge is 0.375 e. The van der Waals surface area contributed by atoms with Crippen molar-refractivity contribution in [3.8, 4) is 11.4 Å². The van der Waals surface area contributed by atoms with Gasteiger partial charge in [-0.05, 0) is 19.1 Å². The molecule has 3 rings (SSSR count). The fourth-order valence-corrected chi connectivity index (χ4v) is 2.88. The number of halogens is 2. The molecule has 126 valence electrons. The van der Waals surface area contributed by atoms with Gasteiger partial charge in [-0.15, -0.1) is 36.2 Å². The zero-order valence-electron chi connectivity index (χ0n) is 12.4. The number of anilines is 1. The van der Waals surface area contributed by atoms with Crippen LogP contribution in [0.1, 0.15) is 6.92 Å². The summed E-state index contributed by atoms with van der Waals surface area (Å²) in [6.07, 6.45) is 1.58. The lowest BCUT2D eigenvalue weighted by molar-refractivity contribution is -0.123. The van der Waals surface area contributed by atoms with Crippen LogP contribution >= 0.6 is 36.2 Å². The van der Waals surface area contributed by atoms with Crippen LogP contribution in [0.2, 0.25) is 0 Å². The fraction of sp³-hybridized carbons (Fsp3) is 0.357. The number of morpholine rings is 1. The molecule has 6 nitrogen and oxygen atoms in total. The lowest BCUT2D eigenvalue weighted by Gasteiger charge is -2.28. The second kappa shape index (κ2) is 9.14. The van der Waals surface area contributed by atoms with Crippen LogP contribution in [0.25, 0.3) is 11.4 Å². The number of hydrogen-bond acceptors (Lipinski definition) is 6. The van der Waals surface area contributed by atoms with Gasteiger partial charge in [0, 0.05) is 18.1 Å². The van der Waals surface area contributed by atoms with E-state index in [0.717, 1.165) is 11.4 Å². The maximum atomic E-state index is 12.2. The molecule has 9 heteroatoms. The Kier molecular flexibility index (Phi) is 7.87. The molecule has 2 atom stereocenters. The van der Waals surface area contributed by atoms with Gasteiger partial charge in [-0.2, -0.15) is 0 Å². The van der Waals surface area contributed by atoms with E-state index in [1.807, 2.05) is 30.5 Å². The smallest absolute Gasteiger partial charge is 0.245 e. The van der Waals surface area contributed by atoms with E-state index >= 15 is 0 Å². The first-order chi connectivity index (χ1) is 10.2. The molecule has 23 heavy (non-hydrogen) atoms. The van der Waals surface area contributed by atoms with Crippen LogP contribution in [0.5, 0.6) is 0 Å². The molecule has 0 saturated carbocycles. The molecule has 1 saturated heterocycles. The predicted molar refractivity (Wildman–Crippen MR) is 95.7 cm³/mol. The number of thiazole rings is 1. The second-order valence-electron chi connectivity index (χ2n) is 4.75. The van der Waals surface area contributed by atoms with E-state index in [1.54, 1.807) is 6.20 Å². The Morgan fingerprint density at radius 2 is 2.22 bits per heavy atom. The molecule has 0 aliphatic carbocycles. The van der Waals surface area contributed by atoms with Crippen molar-refractivity contribution in [3.05, 3.63) is 29.8 Å². The Hall–Kier alpha value is -1.25. The molecule has 1 amide bonds. The highest BCUT2D eigenvalue weighted by atomic mass is 35.5. The Labute approximate surface area is 150 Å². The van der Waals surface area contributed by atoms with Gasteiger partial charge in [-0.3, -0.25) is 9.78 Å². The SMILES string of the molecule is C[C@H]1OCCN[C@@H]1C(=O)Nc1nc(-c2ccccn2)cs1.Cl.Cl. The molecule has 0 aromatic carbocycles. The third kappa shape index (κ3) is 4.86. The van der Waals surface area contributed by atoms with Gasteiger partial charge < -0.3 is 15.4 Å². The van der Waals surface area contributed by atoms with Crippen LogP contribution in [-0.2, 0) is 9.53 Å². The number of rotatable bonds is 3. The molecule has 1 aliphatic rings. The van der Waals surface area contributed by atoms with Gasteiger partial charge in [0.05, 0.1) is 18.4 Å². The third-order valence-corrected chi connectivity index (χ3v) is 4.02. The molecular formula is C14H18Cl2N4O2S. The third-order valence-electron chi connectivity index (χ3n) is 3.26. The number of ether oxygens (including phenoxy) is 1. The average Bonchev–Trinajstić information content (AvgIpc) is 2.97. The Balaban J connectivity index is 0.00000132. The highest BCUT2D eigenvalue weighted by molar-refractivity contribution is 7.14. The van der Waals surface area contributed by atoms with Crippen molar-refractivity contribution in [1.29, 1.82) is 0 Å². The maximum Gasteiger partial charge on any atom is 0.245 e. The van der Waals surface area contributed by atoms with E-state index < -0.39 is 0 Å². The van der Waals surface area contributed by atoms with E-state index in [-0.39, 0.29) is 42.9 Å². The van der Waals surface area contributed by atoms with Gasteiger partial charge in [0.2, 0.25) is 5.91 Å². The minimum absolute atomic E-state index is 0. The summed E-state index contributed by atoms with van der Waals surface area (Å²) < 4.78 is 5.47. The molecule has 2 N–H and O–H groups in total. The highest BCUT2D eigenvalue weighted by Crippen LogP contribution is 2.23. The van der Waals surface area contributed by atoms with Crippen LogP contribution in [0, 0.1) is 0 Å². The molecule has 1 aliphatic heterocycles. The van der Waals surface area contributed by atoms with Crippen LogP contribution in [0.4, 0.5) is 5.13 Å². The lowest BCUT2D eigenvalue weighted by atomic mass is 10.1. The number of pyridine rings is 1. The predicted octanol–water partition coefficient (Wildman–Crippen LogP) is 2.36. The summed E-state index contributed by atoms with van der Waals surface area (Å²) in [6, 6.07) is 5.31. The van der Waals surface area contributed by atoms with Gasteiger partial charge in [0.15, 0.2) is 5.13 Å². The summed E-state index contributed by atoms with van der Waals surface area (Å²) in [6.45, 7) is 3.20. The van der Waals surface area contributed by atoms with Gasteiger partial charge in [-0.25, -0.2) is 4.98 Å². The molecule has 3 heterocycles. The first kappa shape index (κ1) is 19.8. The van der Waals surface area contributed by atoms with Crippen molar-refractivity contribution >= 4 is 47.2 Å². The summed E-state index contributed by atoms with van der Waals surface area (Å²) in [5.41, 5.74) is 1.55. The highest BCUT2D eigenvalue weighted by Gasteiger charge is 2.28. The summed E-state index contributed by atoms with van der Waals surface area (Å²) in [7, 11) is 0. The molecule has 2 aromatic heterocycles. The number of carbonyl (C=O) groups excluding carboxylic acids is 1. The number of hydrogen-bond donors (Lipinski definition) is 2. The molecule has 0 unspecified atom stereocenters. The maximum absolute atomic E-state index is 12.2. The Morgan fingerprint density at radius 1 is 1.39 bits per heavy atom. The topological polar surface area (TPSA) is 76.1 Å². The number of amides is 1. The zero-order valence-corrected chi connectivity index (χ0v) is 14.8. The van der Waals surface area contributed by atoms with Gasteiger partial charge in [0.25, 0.3) is 0 Å². The molecule has 0 bridgehead atoms. The monoisotopic (exact) mass is 376 g/mol. The van der Waals surface area contributed by atoms with E-state index in [4.69, 9.17) is 4.74 Å². The summed E-state index contributed by atoms with van der Waals surface area (Å²) in [5, 5.41) is 8.44. The quantitative estimate of drug-likeness (QED) is 0.859. The summed E-state index contributed by atoms with van der Waals surface area (Å²) >= 11 is 1.39. The summed E-state index contributed by atoms with van der Waals surface area (Å²) in [4.78, 5) is 20.9. The minimum Gasteiger partial charge on any atom is -0.375 e. The fourth-order valence-electron chi connectivity index (χ4n) is 2.17. The van der Waals surface area contributed by atoms with Crippen LogP contribution < -0.4 is 10.6 Å². The van der Waals surface area contributed by atoms with Crippen molar-refractivity contribution in [3.63, 3.8) is 0 Å². The molecule has 2 aromatic rings. The van der Waals surface area contributed by atoms with E-state index in [9.17, 15) is 4.79 Å². The summed E-state index contributed by atoms with van der Waals surface area (Å²) in [5.74, 6) is -0.121. The van der Waals surface area contributed by atoms with E-state index in [1.165, 1.54) is 11.3 Å². The lowest BCUT2D eigenvalue weighted by Crippen LogP contribution is -2.53. The van der Waals surface area contributed by atoms with Gasteiger partial charge in [-0.1, -0.05) is 6.07 Å². The number of carbonyl (C=O) groups is 1. The van der Waals surface area contributed by atoms with E-state index in [2.05, 4.69) is 20.6 Å². The Morgan fingerprint density at radius 3 is 2.91 bits per heavy atom. The number of nitrogens with zero attached hydrogens (tertiary/aromatic N) is 2. The van der Waals surface area contributed by atoms with Crippen molar-refractivity contribution in [2.75, 3.05) is 18.5 Å². The van der Waals surface area contributed by atoms with Crippen molar-refractivity contribution in [1.82, 2.24) is 15.3 Å². The number of nitrogens with one attached hydrogen (secondary N) is 2. The van der Waals surface area contributed by atoms with Crippen LogP contribution in [0.3, 0.4) is 0 Å². The molecule has 0 spiro atoms. The van der Waals surface area contributed by atoms with Gasteiger partial charge >= 0.3 is 0 Å². The van der Waals surface area contributed by atoms with Crippen molar-refractivity contribution in [2.45, 2.75) is 19.1 Å². The normalized spacial score (nSPS) is 20.0. The van der Waals surface area contributed by atoms with Gasteiger partial charge in [0.1, 0.15) is 11.7 Å². The molecular weight excluding hydrogens is 359 g/mol. The Bertz CT molecular complexity index is 626. The first-order valence-electron chi connectivity index (χ1n) is 6.77. The van der Waals surface area contributed by atoms with Crippen LogP contribution in [-0.4, -0.2) is 41.2 Å². The molecule has 0 radical (unpaired) electrons. The number of aromatic nitrogens is 2. The van der Waals surface area contributed by atoms with Crippen LogP contribution in [0.15, 0.2) is 29.8 Å². The average molecular weight is 377 g/mol. The second-order valence-corrected chi connectivity index (χ2v) is 5.61. The first-order valence-corrected chi connectivity index (χ1v) is 7.65. The van der Waals surface area contributed by atoms with Crippen molar-refractivity contribution in [2.24, 2.45) is 0 Å². The standard InChI is InChI=1S/C14H16N4O2S.2ClH/c1-9-12(16-6-7-20-9)13(19)18-14-17-11(8-21-14)10-4-2-3-5-15-10;;/h2-5,8-9,12,16H,6-7H2,1H3,(H,17,18,19);2*1H/t9-,12+;;/m1../s1. The molecule has 1 fully saturated rings. The minimum atomic E-state index is -0.346. The van der Waals surface area contributed by atoms with E-state index in [0.29, 0.717) is 18.3 Å². The van der Waals surface area contributed by atoms with Crippen molar-refractivity contribution < 1.29 is 9.53 Å². The zero-order chi connectivity index (χ0) is 14.7.